The van der Waals surface area contributed by atoms with Crippen molar-refractivity contribution >= 4 is 38.0 Å². The summed E-state index contributed by atoms with van der Waals surface area (Å²) in [6.07, 6.45) is 4.54. The maximum Gasteiger partial charge on any atom is 0.292 e. The quantitative estimate of drug-likeness (QED) is 0.510. The summed E-state index contributed by atoms with van der Waals surface area (Å²) < 4.78 is 36.5. The lowest BCUT2D eigenvalue weighted by molar-refractivity contribution is 0.0858. The van der Waals surface area contributed by atoms with Crippen LogP contribution in [0.15, 0.2) is 56.9 Å². The first-order valence-electron chi connectivity index (χ1n) is 11.2. The lowest BCUT2D eigenvalue weighted by Crippen LogP contribution is -2.32. The normalized spacial score (nSPS) is 17.5. The minimum atomic E-state index is -3.88. The zero-order valence-electron chi connectivity index (χ0n) is 18.3. The molecule has 8 nitrogen and oxygen atoms in total. The summed E-state index contributed by atoms with van der Waals surface area (Å²) in [6.45, 7) is 1.14. The molecule has 1 aliphatic carbocycles. The third-order valence-electron chi connectivity index (χ3n) is 6.01. The highest BCUT2D eigenvalue weighted by molar-refractivity contribution is 7.91. The van der Waals surface area contributed by atoms with Crippen LogP contribution in [0.1, 0.15) is 50.6 Å². The van der Waals surface area contributed by atoms with Crippen LogP contribution in [-0.4, -0.2) is 39.5 Å². The van der Waals surface area contributed by atoms with Gasteiger partial charge in [0.25, 0.3) is 11.8 Å². The van der Waals surface area contributed by atoms with Crippen LogP contribution in [-0.2, 0) is 27.4 Å². The van der Waals surface area contributed by atoms with Gasteiger partial charge >= 0.3 is 0 Å². The molecule has 2 aliphatic rings. The van der Waals surface area contributed by atoms with E-state index in [4.69, 9.17) is 9.15 Å². The van der Waals surface area contributed by atoms with Gasteiger partial charge in [-0.3, -0.25) is 9.59 Å². The van der Waals surface area contributed by atoms with E-state index in [0.29, 0.717) is 23.7 Å². The van der Waals surface area contributed by atoms with Crippen LogP contribution >= 0.6 is 11.3 Å². The van der Waals surface area contributed by atoms with Crippen LogP contribution in [0.2, 0.25) is 0 Å². The van der Waals surface area contributed by atoms with E-state index in [1.54, 1.807) is 18.2 Å². The predicted molar refractivity (Wildman–Crippen MR) is 126 cm³/mol. The Labute approximate surface area is 201 Å². The van der Waals surface area contributed by atoms with Gasteiger partial charge in [-0.05, 0) is 61.9 Å². The molecule has 34 heavy (non-hydrogen) atoms. The number of anilines is 1. The smallest absolute Gasteiger partial charge is 0.292 e. The molecule has 0 bridgehead atoms. The molecule has 1 aromatic carbocycles. The Morgan fingerprint density at radius 3 is 2.62 bits per heavy atom. The van der Waals surface area contributed by atoms with Gasteiger partial charge in [0.2, 0.25) is 14.9 Å². The molecule has 2 amide bonds. The van der Waals surface area contributed by atoms with Crippen molar-refractivity contribution in [1.29, 1.82) is 0 Å². The minimum absolute atomic E-state index is 0.0155. The summed E-state index contributed by atoms with van der Waals surface area (Å²) >= 11 is 1.38. The first kappa shape index (κ1) is 22.8. The second-order valence-electron chi connectivity index (χ2n) is 8.30. The van der Waals surface area contributed by atoms with Gasteiger partial charge in [0.05, 0.1) is 16.6 Å². The van der Waals surface area contributed by atoms with Crippen molar-refractivity contribution in [3.05, 3.63) is 64.2 Å². The highest BCUT2D eigenvalue weighted by Crippen LogP contribution is 2.39. The van der Waals surface area contributed by atoms with Crippen LogP contribution in [0.25, 0.3) is 0 Å². The monoisotopic (exact) mass is 500 g/mol. The van der Waals surface area contributed by atoms with Gasteiger partial charge in [-0.15, -0.1) is 11.3 Å². The van der Waals surface area contributed by atoms with Crippen LogP contribution in [0.5, 0.6) is 0 Å². The highest BCUT2D eigenvalue weighted by atomic mass is 32.2. The number of aryl methyl sites for hydroxylation is 1. The predicted octanol–water partition coefficient (Wildman–Crippen LogP) is 3.82. The molecule has 1 fully saturated rings. The molecule has 1 saturated heterocycles. The van der Waals surface area contributed by atoms with Crippen molar-refractivity contribution in [3.8, 4) is 0 Å². The minimum Gasteiger partial charge on any atom is -0.439 e. The molecule has 0 radical (unpaired) electrons. The fraction of sp³-hybridized carbons (Fsp3) is 0.333. The van der Waals surface area contributed by atoms with Gasteiger partial charge in [-0.2, -0.15) is 0 Å². The van der Waals surface area contributed by atoms with E-state index in [-0.39, 0.29) is 27.8 Å². The molecule has 3 heterocycles. The largest absolute Gasteiger partial charge is 0.439 e. The van der Waals surface area contributed by atoms with Crippen molar-refractivity contribution < 1.29 is 27.2 Å². The second-order valence-corrected chi connectivity index (χ2v) is 11.3. The average Bonchev–Trinajstić information content (AvgIpc) is 3.63. The Hall–Kier alpha value is -2.95. The summed E-state index contributed by atoms with van der Waals surface area (Å²) in [7, 11) is -3.88. The number of benzene rings is 1. The maximum atomic E-state index is 13.0. The molecule has 10 heteroatoms. The Kier molecular flexibility index (Phi) is 6.28. The fourth-order valence-electron chi connectivity index (χ4n) is 4.30. The van der Waals surface area contributed by atoms with Crippen LogP contribution < -0.4 is 10.6 Å². The van der Waals surface area contributed by atoms with Crippen molar-refractivity contribution in [2.75, 3.05) is 18.5 Å². The van der Waals surface area contributed by atoms with Gasteiger partial charge < -0.3 is 19.8 Å². The number of fused-ring (bicyclic) bond motifs is 1. The molecule has 0 spiro atoms. The highest BCUT2D eigenvalue weighted by Gasteiger charge is 2.29. The number of hydrogen-bond donors (Lipinski definition) is 2. The molecular formula is C24H24N2O6S2. The molecular weight excluding hydrogens is 476 g/mol. The van der Waals surface area contributed by atoms with E-state index in [2.05, 4.69) is 10.6 Å². The summed E-state index contributed by atoms with van der Waals surface area (Å²) in [5.74, 6) is -0.992. The van der Waals surface area contributed by atoms with E-state index in [9.17, 15) is 18.0 Å². The number of nitrogens with one attached hydrogen (secondary N) is 2. The molecule has 3 aromatic rings. The number of amides is 2. The molecule has 1 atom stereocenters. The first-order chi connectivity index (χ1) is 16.4. The van der Waals surface area contributed by atoms with Gasteiger partial charge in [0.1, 0.15) is 5.00 Å². The number of hydrogen-bond acceptors (Lipinski definition) is 7. The van der Waals surface area contributed by atoms with E-state index in [1.807, 2.05) is 0 Å². The molecule has 2 aromatic heterocycles. The zero-order chi connectivity index (χ0) is 23.7. The Balaban J connectivity index is 1.35. The van der Waals surface area contributed by atoms with E-state index in [1.165, 1.54) is 35.6 Å². The van der Waals surface area contributed by atoms with Crippen molar-refractivity contribution in [3.63, 3.8) is 0 Å². The lowest BCUT2D eigenvalue weighted by atomic mass is 10.1. The topological polar surface area (TPSA) is 115 Å². The Morgan fingerprint density at radius 2 is 1.85 bits per heavy atom. The molecule has 178 valence electrons. The Bertz CT molecular complexity index is 1320. The molecule has 1 unspecified atom stereocenters. The van der Waals surface area contributed by atoms with Gasteiger partial charge in [-0.1, -0.05) is 18.2 Å². The maximum absolute atomic E-state index is 13.0. The van der Waals surface area contributed by atoms with Crippen LogP contribution in [0, 0.1) is 0 Å². The van der Waals surface area contributed by atoms with Crippen molar-refractivity contribution in [2.24, 2.45) is 0 Å². The van der Waals surface area contributed by atoms with Gasteiger partial charge in [-0.25, -0.2) is 8.42 Å². The van der Waals surface area contributed by atoms with Crippen LogP contribution in [0.4, 0.5) is 5.00 Å². The fourth-order valence-corrected chi connectivity index (χ4v) is 6.78. The van der Waals surface area contributed by atoms with Crippen molar-refractivity contribution in [1.82, 2.24) is 5.32 Å². The molecule has 2 N–H and O–H groups in total. The van der Waals surface area contributed by atoms with E-state index in [0.717, 1.165) is 42.5 Å². The van der Waals surface area contributed by atoms with Crippen LogP contribution in [0.3, 0.4) is 0 Å². The van der Waals surface area contributed by atoms with E-state index < -0.39 is 15.7 Å². The third kappa shape index (κ3) is 4.40. The Morgan fingerprint density at radius 1 is 1.03 bits per heavy atom. The van der Waals surface area contributed by atoms with Gasteiger partial charge in [0.15, 0.2) is 5.76 Å². The zero-order valence-corrected chi connectivity index (χ0v) is 20.0. The first-order valence-corrected chi connectivity index (χ1v) is 13.5. The SMILES string of the molecule is O=C(Nc1sc2c(c1C(=O)NCC1CCCO1)CCC2)c1ccc(S(=O)(=O)c2ccccc2)o1. The van der Waals surface area contributed by atoms with Crippen molar-refractivity contribution in [2.45, 2.75) is 48.2 Å². The summed E-state index contributed by atoms with van der Waals surface area (Å²) in [5, 5.41) is 5.84. The standard InChI is InChI=1S/C24H24N2O6S2/c27-22(18-11-12-20(32-18)34(29,30)16-7-2-1-3-8-16)26-24-21(17-9-4-10-19(17)33-24)23(28)25-14-15-6-5-13-31-15/h1-3,7-8,11-12,15H,4-6,9-10,13-14H2,(H,25,28)(H,26,27). The number of furan rings is 1. The summed E-state index contributed by atoms with van der Waals surface area (Å²) in [5.41, 5.74) is 1.45. The average molecular weight is 501 g/mol. The summed E-state index contributed by atoms with van der Waals surface area (Å²) in [6, 6.07) is 10.5. The van der Waals surface area contributed by atoms with E-state index >= 15 is 0 Å². The molecule has 5 rings (SSSR count). The molecule has 0 saturated carbocycles. The number of thiophene rings is 1. The second kappa shape index (κ2) is 9.36. The number of rotatable bonds is 7. The number of carbonyl (C=O) groups is 2. The summed E-state index contributed by atoms with van der Waals surface area (Å²) in [4.78, 5) is 27.1. The number of ether oxygens (including phenoxy) is 1. The number of carbonyl (C=O) groups excluding carboxylic acids is 2. The lowest BCUT2D eigenvalue weighted by Gasteiger charge is -2.12. The molecule has 1 aliphatic heterocycles. The third-order valence-corrected chi connectivity index (χ3v) is 8.86. The van der Waals surface area contributed by atoms with Gasteiger partial charge in [0, 0.05) is 18.0 Å². The number of sulfone groups is 1.